The van der Waals surface area contributed by atoms with Crippen molar-refractivity contribution >= 4 is 29.2 Å². The Kier molecular flexibility index (Phi) is 7.09. The molecule has 1 saturated heterocycles. The smallest absolute Gasteiger partial charge is 0.314 e. The number of nitrogens with one attached hydrogen (secondary N) is 2. The maximum absolute atomic E-state index is 12.3. The van der Waals surface area contributed by atoms with Crippen molar-refractivity contribution < 1.29 is 14.4 Å². The number of thiophene rings is 1. The van der Waals surface area contributed by atoms with E-state index in [9.17, 15) is 14.4 Å². The lowest BCUT2D eigenvalue weighted by molar-refractivity contribution is -0.132. The predicted molar refractivity (Wildman–Crippen MR) is 105 cm³/mol. The van der Waals surface area contributed by atoms with Gasteiger partial charge in [0.15, 0.2) is 0 Å². The zero-order valence-electron chi connectivity index (χ0n) is 15.7. The Hall–Kier alpha value is -2.09. The third kappa shape index (κ3) is 5.69. The zero-order chi connectivity index (χ0) is 19.1. The minimum absolute atomic E-state index is 0.0624. The minimum Gasteiger partial charge on any atom is -0.343 e. The van der Waals surface area contributed by atoms with Gasteiger partial charge in [-0.1, -0.05) is 0 Å². The van der Waals surface area contributed by atoms with Crippen LogP contribution in [-0.2, 0) is 22.6 Å². The van der Waals surface area contributed by atoms with Gasteiger partial charge >= 0.3 is 6.03 Å². The second-order valence-corrected chi connectivity index (χ2v) is 8.06. The van der Waals surface area contributed by atoms with Crippen LogP contribution in [0.4, 0.5) is 4.79 Å². The largest absolute Gasteiger partial charge is 0.343 e. The molecule has 7 nitrogen and oxygen atoms in total. The highest BCUT2D eigenvalue weighted by molar-refractivity contribution is 7.10. The van der Waals surface area contributed by atoms with Gasteiger partial charge in [-0.05, 0) is 42.7 Å². The molecule has 0 unspecified atom stereocenters. The average molecular weight is 393 g/mol. The topological polar surface area (TPSA) is 81.8 Å². The highest BCUT2D eigenvalue weighted by Gasteiger charge is 2.21. The van der Waals surface area contributed by atoms with Gasteiger partial charge in [-0.3, -0.25) is 9.59 Å². The van der Waals surface area contributed by atoms with Crippen molar-refractivity contribution in [1.29, 1.82) is 0 Å². The van der Waals surface area contributed by atoms with Crippen LogP contribution in [0.3, 0.4) is 0 Å². The van der Waals surface area contributed by atoms with Crippen molar-refractivity contribution in [3.05, 3.63) is 21.9 Å². The molecule has 0 aliphatic carbocycles. The number of hydrogen-bond acceptors (Lipinski definition) is 4. The summed E-state index contributed by atoms with van der Waals surface area (Å²) in [5.41, 5.74) is 1.24. The molecule has 0 aromatic carbocycles. The van der Waals surface area contributed by atoms with Crippen LogP contribution in [0.5, 0.6) is 0 Å². The van der Waals surface area contributed by atoms with Crippen molar-refractivity contribution in [3.8, 4) is 0 Å². The first-order valence-corrected chi connectivity index (χ1v) is 10.6. The van der Waals surface area contributed by atoms with Gasteiger partial charge in [0.05, 0.1) is 0 Å². The molecule has 2 aliphatic rings. The van der Waals surface area contributed by atoms with E-state index < -0.39 is 0 Å². The van der Waals surface area contributed by atoms with Crippen LogP contribution in [0.25, 0.3) is 0 Å². The molecule has 2 N–H and O–H groups in total. The molecule has 1 aromatic heterocycles. The molecule has 3 heterocycles. The molecular formula is C19H28N4O3S. The summed E-state index contributed by atoms with van der Waals surface area (Å²) in [5, 5.41) is 7.46. The summed E-state index contributed by atoms with van der Waals surface area (Å²) < 4.78 is 0. The molecular weight excluding hydrogens is 364 g/mol. The third-order valence-corrected chi connectivity index (χ3v) is 6.14. The van der Waals surface area contributed by atoms with E-state index in [2.05, 4.69) is 22.1 Å². The number of urea groups is 1. The number of piperidine rings is 1. The SMILES string of the molecule is O=C(NCCC(=O)N1CCCCC1)NCCC(=O)N1CCc2sccc2C1. The quantitative estimate of drug-likeness (QED) is 0.773. The lowest BCUT2D eigenvalue weighted by Crippen LogP contribution is -2.42. The van der Waals surface area contributed by atoms with Crippen molar-refractivity contribution in [2.45, 2.75) is 45.1 Å². The first kappa shape index (κ1) is 19.7. The Morgan fingerprint density at radius 2 is 1.59 bits per heavy atom. The first-order chi connectivity index (χ1) is 13.1. The van der Waals surface area contributed by atoms with E-state index in [0.717, 1.165) is 38.9 Å². The maximum atomic E-state index is 12.3. The molecule has 4 amide bonds. The second-order valence-electron chi connectivity index (χ2n) is 7.06. The van der Waals surface area contributed by atoms with E-state index in [1.807, 2.05) is 9.80 Å². The van der Waals surface area contributed by atoms with Crippen LogP contribution in [-0.4, -0.2) is 60.4 Å². The van der Waals surface area contributed by atoms with E-state index in [4.69, 9.17) is 0 Å². The summed E-state index contributed by atoms with van der Waals surface area (Å²) in [7, 11) is 0. The van der Waals surface area contributed by atoms with Crippen LogP contribution in [0.1, 0.15) is 42.5 Å². The van der Waals surface area contributed by atoms with Crippen molar-refractivity contribution in [2.75, 3.05) is 32.7 Å². The molecule has 3 rings (SSSR count). The number of amides is 4. The van der Waals surface area contributed by atoms with Gasteiger partial charge in [0.2, 0.25) is 11.8 Å². The number of hydrogen-bond donors (Lipinski definition) is 2. The van der Waals surface area contributed by atoms with E-state index in [0.29, 0.717) is 32.5 Å². The molecule has 2 aliphatic heterocycles. The van der Waals surface area contributed by atoms with Crippen molar-refractivity contribution in [3.63, 3.8) is 0 Å². The number of nitrogens with zero attached hydrogens (tertiary/aromatic N) is 2. The van der Waals surface area contributed by atoms with Gasteiger partial charge < -0.3 is 20.4 Å². The molecule has 0 spiro atoms. The van der Waals surface area contributed by atoms with Crippen molar-refractivity contribution in [2.24, 2.45) is 0 Å². The highest BCUT2D eigenvalue weighted by Crippen LogP contribution is 2.24. The molecule has 0 bridgehead atoms. The summed E-state index contributed by atoms with van der Waals surface area (Å²) in [4.78, 5) is 41.2. The fourth-order valence-corrected chi connectivity index (χ4v) is 4.44. The van der Waals surface area contributed by atoms with Crippen LogP contribution in [0.2, 0.25) is 0 Å². The Labute approximate surface area is 164 Å². The summed E-state index contributed by atoms with van der Waals surface area (Å²) in [6.45, 7) is 3.70. The predicted octanol–water partition coefficient (Wildman–Crippen LogP) is 1.72. The van der Waals surface area contributed by atoms with Gasteiger partial charge in [0.25, 0.3) is 0 Å². The monoisotopic (exact) mass is 392 g/mol. The standard InChI is InChI=1S/C19H28N4O3S/c24-17(22-10-2-1-3-11-22)4-8-20-19(26)21-9-5-18(25)23-12-6-16-15(14-23)7-13-27-16/h7,13H,1-6,8-12,14H2,(H2,20,21,26). The molecule has 0 saturated carbocycles. The minimum atomic E-state index is -0.326. The molecule has 1 fully saturated rings. The van der Waals surface area contributed by atoms with Gasteiger partial charge in [0, 0.05) is 57.0 Å². The molecule has 27 heavy (non-hydrogen) atoms. The Morgan fingerprint density at radius 3 is 2.30 bits per heavy atom. The fraction of sp³-hybridized carbons (Fsp3) is 0.632. The summed E-state index contributed by atoms with van der Waals surface area (Å²) >= 11 is 1.75. The average Bonchev–Trinajstić information content (AvgIpc) is 3.16. The number of carbonyl (C=O) groups excluding carboxylic acids is 3. The van der Waals surface area contributed by atoms with Gasteiger partial charge in [0.1, 0.15) is 0 Å². The summed E-state index contributed by atoms with van der Waals surface area (Å²) in [6.07, 6.45) is 4.85. The van der Waals surface area contributed by atoms with E-state index >= 15 is 0 Å². The van der Waals surface area contributed by atoms with Gasteiger partial charge in [-0.25, -0.2) is 4.79 Å². The normalized spacial score (nSPS) is 16.6. The number of rotatable bonds is 6. The van der Waals surface area contributed by atoms with Gasteiger partial charge in [-0.15, -0.1) is 11.3 Å². The maximum Gasteiger partial charge on any atom is 0.314 e. The zero-order valence-corrected chi connectivity index (χ0v) is 16.5. The summed E-state index contributed by atoms with van der Waals surface area (Å²) in [5.74, 6) is 0.163. The second kappa shape index (κ2) is 9.73. The molecule has 1 aromatic rings. The van der Waals surface area contributed by atoms with Crippen molar-refractivity contribution in [1.82, 2.24) is 20.4 Å². The Morgan fingerprint density at radius 1 is 0.926 bits per heavy atom. The lowest BCUT2D eigenvalue weighted by Gasteiger charge is -2.27. The van der Waals surface area contributed by atoms with Crippen LogP contribution in [0, 0.1) is 0 Å². The van der Waals surface area contributed by atoms with Crippen LogP contribution < -0.4 is 10.6 Å². The fourth-order valence-electron chi connectivity index (χ4n) is 3.55. The molecule has 148 valence electrons. The Balaban J connectivity index is 1.27. The van der Waals surface area contributed by atoms with E-state index in [1.54, 1.807) is 11.3 Å². The lowest BCUT2D eigenvalue weighted by atomic mass is 10.1. The number of fused-ring (bicyclic) bond motifs is 1. The Bertz CT molecular complexity index is 670. The summed E-state index contributed by atoms with van der Waals surface area (Å²) in [6, 6.07) is 1.75. The third-order valence-electron chi connectivity index (χ3n) is 5.12. The van der Waals surface area contributed by atoms with E-state index in [-0.39, 0.29) is 17.8 Å². The molecule has 0 atom stereocenters. The molecule has 0 radical (unpaired) electrons. The first-order valence-electron chi connectivity index (χ1n) is 9.76. The van der Waals surface area contributed by atoms with Crippen LogP contribution >= 0.6 is 11.3 Å². The van der Waals surface area contributed by atoms with Gasteiger partial charge in [-0.2, -0.15) is 0 Å². The highest BCUT2D eigenvalue weighted by atomic mass is 32.1. The van der Waals surface area contributed by atoms with Crippen LogP contribution in [0.15, 0.2) is 11.4 Å². The number of likely N-dealkylation sites (tertiary alicyclic amines) is 1. The van der Waals surface area contributed by atoms with E-state index in [1.165, 1.54) is 16.9 Å². The molecule has 8 heteroatoms. The number of carbonyl (C=O) groups is 3.